The lowest BCUT2D eigenvalue weighted by atomic mass is 9.91. The van der Waals surface area contributed by atoms with Crippen molar-refractivity contribution < 1.29 is 13.7 Å². The first-order valence-corrected chi connectivity index (χ1v) is 11.5. The average Bonchev–Trinajstić information content (AvgIpc) is 3.28. The van der Waals surface area contributed by atoms with Crippen LogP contribution in [0.4, 0.5) is 10.2 Å². The highest BCUT2D eigenvalue weighted by Gasteiger charge is 2.33. The Balaban J connectivity index is 1.42. The highest BCUT2D eigenvalue weighted by Crippen LogP contribution is 2.35. The summed E-state index contributed by atoms with van der Waals surface area (Å²) in [6, 6.07) is 6.50. The van der Waals surface area contributed by atoms with E-state index < -0.39 is 0 Å². The van der Waals surface area contributed by atoms with Gasteiger partial charge in [0, 0.05) is 31.7 Å². The third-order valence-corrected chi connectivity index (χ3v) is 6.91. The van der Waals surface area contributed by atoms with E-state index in [-0.39, 0.29) is 17.6 Å². The third kappa shape index (κ3) is 3.94. The topological polar surface area (TPSA) is 75.4 Å². The van der Waals surface area contributed by atoms with Gasteiger partial charge >= 0.3 is 0 Å². The summed E-state index contributed by atoms with van der Waals surface area (Å²) < 4.78 is 18.9. The maximum absolute atomic E-state index is 13.4. The summed E-state index contributed by atoms with van der Waals surface area (Å²) in [5, 5.41) is 4.89. The minimum atomic E-state index is -0.308. The molecule has 168 valence electrons. The average molecular weight is 438 g/mol. The predicted molar refractivity (Wildman–Crippen MR) is 120 cm³/mol. The number of hydrogen-bond acceptors (Lipinski definition) is 6. The molecule has 0 N–H and O–H groups in total. The van der Waals surface area contributed by atoms with E-state index >= 15 is 0 Å². The number of anilines is 1. The van der Waals surface area contributed by atoms with Crippen molar-refractivity contribution in [1.29, 1.82) is 0 Å². The van der Waals surface area contributed by atoms with Gasteiger partial charge in [-0.05, 0) is 49.9 Å². The fourth-order valence-corrected chi connectivity index (χ4v) is 5.12. The second-order valence-corrected chi connectivity index (χ2v) is 8.94. The lowest BCUT2D eigenvalue weighted by molar-refractivity contribution is -0.137. The monoisotopic (exact) mass is 437 g/mol. The largest absolute Gasteiger partial charge is 0.355 e. The number of benzene rings is 1. The van der Waals surface area contributed by atoms with E-state index in [4.69, 9.17) is 4.52 Å². The van der Waals surface area contributed by atoms with Gasteiger partial charge in [-0.25, -0.2) is 9.37 Å². The first-order chi connectivity index (χ1) is 15.6. The highest BCUT2D eigenvalue weighted by atomic mass is 19.1. The van der Waals surface area contributed by atoms with Crippen LogP contribution in [0.3, 0.4) is 0 Å². The molecule has 2 aromatic heterocycles. The van der Waals surface area contributed by atoms with Crippen LogP contribution in [0, 0.1) is 11.7 Å². The third-order valence-electron chi connectivity index (χ3n) is 6.91. The second kappa shape index (κ2) is 8.84. The zero-order chi connectivity index (χ0) is 22.1. The quantitative estimate of drug-likeness (QED) is 0.601. The molecule has 1 aliphatic heterocycles. The Labute approximate surface area is 186 Å². The molecule has 1 aliphatic carbocycles. The van der Waals surface area contributed by atoms with Crippen LogP contribution in [0.15, 0.2) is 35.1 Å². The van der Waals surface area contributed by atoms with Crippen molar-refractivity contribution in [2.45, 2.75) is 51.0 Å². The summed E-state index contributed by atoms with van der Waals surface area (Å²) in [5.41, 5.74) is 1.72. The van der Waals surface area contributed by atoms with Gasteiger partial charge in [0.15, 0.2) is 0 Å². The molecule has 2 fully saturated rings. The molecule has 1 amide bonds. The van der Waals surface area contributed by atoms with E-state index in [0.717, 1.165) is 37.8 Å². The Morgan fingerprint density at radius 2 is 1.88 bits per heavy atom. The zero-order valence-electron chi connectivity index (χ0n) is 18.3. The molecule has 0 radical (unpaired) electrons. The molecule has 1 saturated heterocycles. The molecule has 0 spiro atoms. The Bertz CT molecular complexity index is 1090. The number of carbonyl (C=O) groups is 1. The molecule has 1 saturated carbocycles. The van der Waals surface area contributed by atoms with Crippen LogP contribution in [0.2, 0.25) is 0 Å². The van der Waals surface area contributed by atoms with Crippen molar-refractivity contribution in [3.8, 4) is 11.3 Å². The number of aromatic nitrogens is 3. The molecule has 0 bridgehead atoms. The summed E-state index contributed by atoms with van der Waals surface area (Å²) in [7, 11) is 1.97. The van der Waals surface area contributed by atoms with Gasteiger partial charge in [-0.1, -0.05) is 24.4 Å². The van der Waals surface area contributed by atoms with Crippen LogP contribution in [0.25, 0.3) is 22.4 Å². The van der Waals surface area contributed by atoms with Crippen LogP contribution in [-0.2, 0) is 4.79 Å². The van der Waals surface area contributed by atoms with E-state index in [0.29, 0.717) is 35.2 Å². The maximum Gasteiger partial charge on any atom is 0.263 e. The van der Waals surface area contributed by atoms with Crippen molar-refractivity contribution >= 4 is 22.8 Å². The molecular weight excluding hydrogens is 409 g/mol. The molecule has 0 unspecified atom stereocenters. The number of piperidine rings is 1. The van der Waals surface area contributed by atoms with E-state index in [9.17, 15) is 9.18 Å². The number of fused-ring (bicyclic) bond motifs is 1. The summed E-state index contributed by atoms with van der Waals surface area (Å²) in [5.74, 6) is 0.580. The van der Waals surface area contributed by atoms with Gasteiger partial charge in [0.1, 0.15) is 29.0 Å². The van der Waals surface area contributed by atoms with E-state index in [1.54, 1.807) is 12.1 Å². The molecule has 1 aromatic carbocycles. The molecular formula is C24H28FN5O2. The normalized spacial score (nSPS) is 19.9. The number of halogens is 1. The van der Waals surface area contributed by atoms with Gasteiger partial charge in [0.2, 0.25) is 5.91 Å². The summed E-state index contributed by atoms with van der Waals surface area (Å²) in [4.78, 5) is 26.2. The number of hydrogen-bond donors (Lipinski definition) is 0. The zero-order valence-corrected chi connectivity index (χ0v) is 18.3. The fraction of sp³-hybridized carbons (Fsp3) is 0.500. The summed E-state index contributed by atoms with van der Waals surface area (Å²) >= 11 is 0. The Kier molecular flexibility index (Phi) is 5.76. The molecule has 5 rings (SSSR count). The van der Waals surface area contributed by atoms with Gasteiger partial charge in [-0.2, -0.15) is 4.98 Å². The van der Waals surface area contributed by atoms with Crippen LogP contribution in [0.1, 0.15) is 44.9 Å². The first-order valence-electron chi connectivity index (χ1n) is 11.5. The molecule has 7 nitrogen and oxygen atoms in total. The standard InChI is InChI=1S/C24H28FN5O2/c1-29(19-7-3-2-4-8-19)24(31)17-6-5-13-30(14-17)22-20-21(16-9-11-18(25)12-10-16)28-32-23(20)27-15-26-22/h9-12,15,17,19H,2-8,13-14H2,1H3/t17-/m0/s1. The maximum atomic E-state index is 13.4. The molecule has 3 heterocycles. The van der Waals surface area contributed by atoms with Gasteiger partial charge in [-0.15, -0.1) is 0 Å². The first kappa shape index (κ1) is 20.8. The van der Waals surface area contributed by atoms with E-state index in [1.165, 1.54) is 37.7 Å². The van der Waals surface area contributed by atoms with Crippen LogP contribution < -0.4 is 4.90 Å². The van der Waals surface area contributed by atoms with Crippen LogP contribution in [-0.4, -0.2) is 52.1 Å². The highest BCUT2D eigenvalue weighted by molar-refractivity contribution is 5.98. The van der Waals surface area contributed by atoms with E-state index in [1.807, 2.05) is 11.9 Å². The number of carbonyl (C=O) groups excluding carboxylic acids is 1. The molecule has 1 atom stereocenters. The Morgan fingerprint density at radius 3 is 2.66 bits per heavy atom. The fourth-order valence-electron chi connectivity index (χ4n) is 5.12. The lowest BCUT2D eigenvalue weighted by Crippen LogP contribution is -2.47. The van der Waals surface area contributed by atoms with Crippen molar-refractivity contribution in [3.63, 3.8) is 0 Å². The van der Waals surface area contributed by atoms with Gasteiger partial charge in [-0.3, -0.25) is 4.79 Å². The van der Waals surface area contributed by atoms with E-state index in [2.05, 4.69) is 20.0 Å². The summed E-state index contributed by atoms with van der Waals surface area (Å²) in [6.45, 7) is 1.41. The summed E-state index contributed by atoms with van der Waals surface area (Å²) in [6.07, 6.45) is 9.16. The SMILES string of the molecule is CN(C(=O)[C@H]1CCCN(c2ncnc3onc(-c4ccc(F)cc4)c23)C1)C1CCCCC1. The van der Waals surface area contributed by atoms with Crippen LogP contribution in [0.5, 0.6) is 0 Å². The minimum absolute atomic E-state index is 0.0603. The van der Waals surface area contributed by atoms with Crippen molar-refractivity contribution in [2.24, 2.45) is 5.92 Å². The minimum Gasteiger partial charge on any atom is -0.355 e. The molecule has 32 heavy (non-hydrogen) atoms. The number of nitrogens with zero attached hydrogens (tertiary/aromatic N) is 5. The number of amides is 1. The lowest BCUT2D eigenvalue weighted by Gasteiger charge is -2.38. The van der Waals surface area contributed by atoms with Crippen LogP contribution >= 0.6 is 0 Å². The number of rotatable bonds is 4. The van der Waals surface area contributed by atoms with Crippen molar-refractivity contribution in [1.82, 2.24) is 20.0 Å². The predicted octanol–water partition coefficient (Wildman–Crippen LogP) is 4.43. The Morgan fingerprint density at radius 1 is 1.09 bits per heavy atom. The smallest absolute Gasteiger partial charge is 0.263 e. The molecule has 8 heteroatoms. The van der Waals surface area contributed by atoms with Gasteiger partial charge < -0.3 is 14.3 Å². The van der Waals surface area contributed by atoms with Gasteiger partial charge in [0.05, 0.1) is 5.92 Å². The van der Waals surface area contributed by atoms with Crippen molar-refractivity contribution in [3.05, 3.63) is 36.4 Å². The second-order valence-electron chi connectivity index (χ2n) is 8.94. The molecule has 3 aromatic rings. The Hall–Kier alpha value is -3.03. The van der Waals surface area contributed by atoms with Crippen molar-refractivity contribution in [2.75, 3.05) is 25.0 Å². The van der Waals surface area contributed by atoms with Gasteiger partial charge in [0.25, 0.3) is 5.71 Å². The molecule has 2 aliphatic rings.